The molecule has 4 rings (SSSR count). The molecule has 6 heteroatoms. The maximum atomic E-state index is 13.1. The number of hydrogen-bond donors (Lipinski definition) is 1. The first kappa shape index (κ1) is 19.4. The van der Waals surface area contributed by atoms with E-state index >= 15 is 0 Å². The van der Waals surface area contributed by atoms with Crippen LogP contribution in [0.2, 0.25) is 0 Å². The molecule has 0 bridgehead atoms. The van der Waals surface area contributed by atoms with Gasteiger partial charge in [0.15, 0.2) is 0 Å². The maximum absolute atomic E-state index is 13.1. The van der Waals surface area contributed by atoms with E-state index in [0.29, 0.717) is 24.4 Å². The van der Waals surface area contributed by atoms with E-state index in [1.165, 1.54) is 17.4 Å². The van der Waals surface area contributed by atoms with Crippen LogP contribution < -0.4 is 10.9 Å². The van der Waals surface area contributed by atoms with Gasteiger partial charge < -0.3 is 9.88 Å². The van der Waals surface area contributed by atoms with Gasteiger partial charge in [-0.1, -0.05) is 37.1 Å². The van der Waals surface area contributed by atoms with Gasteiger partial charge in [-0.3, -0.25) is 9.59 Å². The topological polar surface area (TPSA) is 68.4 Å². The van der Waals surface area contributed by atoms with Crippen molar-refractivity contribution in [1.29, 1.82) is 0 Å². The number of nitrogens with zero attached hydrogens (tertiary/aromatic N) is 3. The minimum absolute atomic E-state index is 0.0273. The highest BCUT2D eigenvalue weighted by Gasteiger charge is 2.19. The quantitative estimate of drug-likeness (QED) is 0.724. The summed E-state index contributed by atoms with van der Waals surface area (Å²) in [6.45, 7) is 3.98. The number of nitrogens with one attached hydrogen (secondary N) is 1. The molecule has 2 aromatic heterocycles. The third kappa shape index (κ3) is 3.71. The molecule has 1 fully saturated rings. The van der Waals surface area contributed by atoms with Crippen molar-refractivity contribution in [1.82, 2.24) is 19.5 Å². The Balaban J connectivity index is 1.64. The molecule has 1 aliphatic rings. The second-order valence-corrected chi connectivity index (χ2v) is 8.09. The molecular formula is C23H28N4O2. The van der Waals surface area contributed by atoms with Crippen LogP contribution in [0.25, 0.3) is 16.9 Å². The molecule has 1 aromatic carbocycles. The Morgan fingerprint density at radius 3 is 2.66 bits per heavy atom. The van der Waals surface area contributed by atoms with Crippen molar-refractivity contribution in [2.24, 2.45) is 7.05 Å². The summed E-state index contributed by atoms with van der Waals surface area (Å²) >= 11 is 0. The van der Waals surface area contributed by atoms with Gasteiger partial charge in [-0.25, -0.2) is 0 Å². The van der Waals surface area contributed by atoms with Crippen molar-refractivity contribution in [3.63, 3.8) is 0 Å². The normalized spacial score (nSPS) is 14.6. The van der Waals surface area contributed by atoms with Crippen LogP contribution in [0.15, 0.2) is 35.1 Å². The average molecular weight is 393 g/mol. The lowest BCUT2D eigenvalue weighted by Gasteiger charge is -2.14. The number of carbonyl (C=O) groups excluding carboxylic acids is 1. The molecule has 0 saturated heterocycles. The number of fused-ring (bicyclic) bond motifs is 1. The fraction of sp³-hybridized carbons (Fsp3) is 0.435. The van der Waals surface area contributed by atoms with Crippen LogP contribution in [-0.2, 0) is 18.3 Å². The number of aromatic nitrogens is 3. The summed E-state index contributed by atoms with van der Waals surface area (Å²) in [5.74, 6) is 0.0273. The minimum Gasteiger partial charge on any atom is -0.353 e. The summed E-state index contributed by atoms with van der Waals surface area (Å²) in [5.41, 5.74) is 5.08. The molecule has 1 saturated carbocycles. The van der Waals surface area contributed by atoms with Gasteiger partial charge in [-0.2, -0.15) is 9.61 Å². The van der Waals surface area contributed by atoms with Gasteiger partial charge in [0.25, 0.3) is 5.56 Å². The summed E-state index contributed by atoms with van der Waals surface area (Å²) in [5, 5.41) is 7.70. The molecule has 1 N–H and O–H groups in total. The third-order valence-electron chi connectivity index (χ3n) is 6.17. The van der Waals surface area contributed by atoms with Gasteiger partial charge in [0.1, 0.15) is 5.65 Å². The molecule has 0 radical (unpaired) electrons. The zero-order valence-electron chi connectivity index (χ0n) is 17.4. The Morgan fingerprint density at radius 1 is 1.21 bits per heavy atom. The van der Waals surface area contributed by atoms with Crippen LogP contribution in [0.1, 0.15) is 48.9 Å². The Hall–Kier alpha value is -2.89. The first-order valence-corrected chi connectivity index (χ1v) is 10.4. The predicted molar refractivity (Wildman–Crippen MR) is 114 cm³/mol. The lowest BCUT2D eigenvalue weighted by atomic mass is 10.1. The monoisotopic (exact) mass is 392 g/mol. The molecule has 0 unspecified atom stereocenters. The molecule has 6 nitrogen and oxygen atoms in total. The lowest BCUT2D eigenvalue weighted by Crippen LogP contribution is -2.33. The van der Waals surface area contributed by atoms with E-state index in [1.807, 2.05) is 55.8 Å². The summed E-state index contributed by atoms with van der Waals surface area (Å²) < 4.78 is 3.46. The van der Waals surface area contributed by atoms with Crippen molar-refractivity contribution in [2.75, 3.05) is 0 Å². The number of aryl methyl sites for hydroxylation is 2. The van der Waals surface area contributed by atoms with E-state index < -0.39 is 0 Å². The Morgan fingerprint density at radius 2 is 1.93 bits per heavy atom. The molecule has 3 aromatic rings. The second kappa shape index (κ2) is 7.85. The van der Waals surface area contributed by atoms with Crippen LogP contribution in [0.5, 0.6) is 0 Å². The zero-order chi connectivity index (χ0) is 20.5. The van der Waals surface area contributed by atoms with Crippen molar-refractivity contribution in [3.05, 3.63) is 57.5 Å². The van der Waals surface area contributed by atoms with E-state index in [9.17, 15) is 9.59 Å². The molecule has 29 heavy (non-hydrogen) atoms. The molecular weight excluding hydrogens is 364 g/mol. The average Bonchev–Trinajstić information content (AvgIpc) is 3.36. The van der Waals surface area contributed by atoms with Gasteiger partial charge in [0.2, 0.25) is 5.91 Å². The van der Waals surface area contributed by atoms with Crippen LogP contribution in [0.3, 0.4) is 0 Å². The second-order valence-electron chi connectivity index (χ2n) is 8.09. The maximum Gasteiger partial charge on any atom is 0.277 e. The van der Waals surface area contributed by atoms with Crippen molar-refractivity contribution < 1.29 is 4.79 Å². The van der Waals surface area contributed by atoms with Crippen LogP contribution >= 0.6 is 0 Å². The Kier molecular flexibility index (Phi) is 5.26. The van der Waals surface area contributed by atoms with Crippen LogP contribution in [0.4, 0.5) is 0 Å². The van der Waals surface area contributed by atoms with Crippen molar-refractivity contribution in [3.8, 4) is 11.3 Å². The van der Waals surface area contributed by atoms with E-state index in [-0.39, 0.29) is 11.5 Å². The van der Waals surface area contributed by atoms with Gasteiger partial charge in [0.05, 0.1) is 5.69 Å². The largest absolute Gasteiger partial charge is 0.353 e. The van der Waals surface area contributed by atoms with E-state index in [2.05, 4.69) is 10.4 Å². The summed E-state index contributed by atoms with van der Waals surface area (Å²) in [7, 11) is 1.94. The minimum atomic E-state index is -0.135. The first-order valence-electron chi connectivity index (χ1n) is 10.4. The highest BCUT2D eigenvalue weighted by molar-refractivity contribution is 5.76. The number of carbonyl (C=O) groups is 1. The summed E-state index contributed by atoms with van der Waals surface area (Å²) in [4.78, 5) is 25.5. The van der Waals surface area contributed by atoms with Gasteiger partial charge in [-0.15, -0.1) is 0 Å². The highest BCUT2D eigenvalue weighted by Crippen LogP contribution is 2.23. The first-order chi connectivity index (χ1) is 14.0. The highest BCUT2D eigenvalue weighted by atomic mass is 16.1. The Bertz CT molecular complexity index is 1120. The van der Waals surface area contributed by atoms with Gasteiger partial charge in [0, 0.05) is 42.4 Å². The summed E-state index contributed by atoms with van der Waals surface area (Å²) in [6.07, 6.45) is 5.24. The summed E-state index contributed by atoms with van der Waals surface area (Å²) in [6, 6.07) is 10.3. The number of hydrogen-bond acceptors (Lipinski definition) is 3. The lowest BCUT2D eigenvalue weighted by molar-refractivity contribution is -0.121. The standard InChI is InChI=1S/C23H28N4O2/c1-15-8-4-7-11-18(15)20-14-22-26(3)16(2)19(23(29)27(22)25-20)12-13-21(28)24-17-9-5-6-10-17/h4,7-8,11,14,17H,5-6,9-10,12-13H2,1-3H3,(H,24,28). The van der Waals surface area contributed by atoms with Crippen molar-refractivity contribution >= 4 is 11.6 Å². The fourth-order valence-corrected chi connectivity index (χ4v) is 4.30. The molecule has 0 atom stereocenters. The zero-order valence-corrected chi connectivity index (χ0v) is 17.4. The fourth-order valence-electron chi connectivity index (χ4n) is 4.30. The van der Waals surface area contributed by atoms with Gasteiger partial charge in [-0.05, 0) is 38.7 Å². The number of benzene rings is 1. The predicted octanol–water partition coefficient (Wildman–Crippen LogP) is 3.31. The smallest absolute Gasteiger partial charge is 0.277 e. The molecule has 2 heterocycles. The van der Waals surface area contributed by atoms with E-state index in [4.69, 9.17) is 0 Å². The van der Waals surface area contributed by atoms with E-state index in [1.54, 1.807) is 0 Å². The third-order valence-corrected chi connectivity index (χ3v) is 6.17. The SMILES string of the molecule is Cc1ccccc1-c1cc2n(C)c(C)c(CCC(=O)NC3CCCC3)c(=O)n2n1. The molecule has 0 spiro atoms. The van der Waals surface area contributed by atoms with Crippen LogP contribution in [-0.4, -0.2) is 26.1 Å². The molecule has 1 amide bonds. The molecule has 152 valence electrons. The number of rotatable bonds is 5. The van der Waals surface area contributed by atoms with Gasteiger partial charge >= 0.3 is 0 Å². The van der Waals surface area contributed by atoms with Crippen molar-refractivity contribution in [2.45, 2.75) is 58.4 Å². The molecule has 1 aliphatic carbocycles. The van der Waals surface area contributed by atoms with Crippen LogP contribution in [0, 0.1) is 13.8 Å². The van der Waals surface area contributed by atoms with E-state index in [0.717, 1.165) is 41.0 Å². The Labute approximate surface area is 170 Å². The number of amides is 1. The molecule has 0 aliphatic heterocycles.